The molecule has 2 nitrogen and oxygen atoms in total. The van der Waals surface area contributed by atoms with Crippen LogP contribution in [0.5, 0.6) is 0 Å². The van der Waals surface area contributed by atoms with Crippen molar-refractivity contribution in [2.45, 2.75) is 59.0 Å². The van der Waals surface area contributed by atoms with Gasteiger partial charge in [0, 0.05) is 17.0 Å². The summed E-state index contributed by atoms with van der Waals surface area (Å²) in [6, 6.07) is 1.23. The number of nitrogens with zero attached hydrogens (tertiary/aromatic N) is 1. The normalized spacial score (nSPS) is 25.8. The van der Waals surface area contributed by atoms with Crippen LogP contribution in [0.3, 0.4) is 0 Å². The van der Waals surface area contributed by atoms with Crippen LogP contribution in [-0.4, -0.2) is 11.0 Å². The Kier molecular flexibility index (Phi) is 3.65. The van der Waals surface area contributed by atoms with Crippen LogP contribution in [0.4, 0.5) is 0 Å². The predicted octanol–water partition coefficient (Wildman–Crippen LogP) is 3.60. The van der Waals surface area contributed by atoms with Gasteiger partial charge in [-0.25, -0.2) is 4.98 Å². The van der Waals surface area contributed by atoms with Gasteiger partial charge in [0.2, 0.25) is 0 Å². The minimum Gasteiger partial charge on any atom is -0.306 e. The fourth-order valence-corrected chi connectivity index (χ4v) is 3.43. The summed E-state index contributed by atoms with van der Waals surface area (Å²) < 4.78 is 0. The van der Waals surface area contributed by atoms with Crippen molar-refractivity contribution in [2.24, 2.45) is 5.92 Å². The third-order valence-corrected chi connectivity index (χ3v) is 4.63. The number of hydrogen-bond acceptors (Lipinski definition) is 3. The lowest BCUT2D eigenvalue weighted by Crippen LogP contribution is -2.22. The molecule has 0 aromatic carbocycles. The lowest BCUT2D eigenvalue weighted by atomic mass is 10.2. The van der Waals surface area contributed by atoms with Crippen molar-refractivity contribution in [1.29, 1.82) is 0 Å². The molecule has 3 atom stereocenters. The fraction of sp³-hybridized carbons (Fsp3) is 0.769. The van der Waals surface area contributed by atoms with Gasteiger partial charge in [0.05, 0.1) is 10.7 Å². The number of thiazole rings is 1. The van der Waals surface area contributed by atoms with E-state index in [4.69, 9.17) is 0 Å². The molecule has 0 amide bonds. The Labute approximate surface area is 102 Å². The average Bonchev–Trinajstić information content (AvgIpc) is 2.83. The highest BCUT2D eigenvalue weighted by Gasteiger charge is 2.37. The standard InChI is InChI=1S/C13H22N2S/c1-5-6-11-7-12(11)15-9(3)13-8(2)14-10(4)16-13/h9,11-12,15H,5-7H2,1-4H3. The molecule has 0 saturated heterocycles. The van der Waals surface area contributed by atoms with E-state index in [1.165, 1.54) is 34.8 Å². The number of aromatic nitrogens is 1. The van der Waals surface area contributed by atoms with Gasteiger partial charge in [-0.1, -0.05) is 13.3 Å². The molecule has 16 heavy (non-hydrogen) atoms. The summed E-state index contributed by atoms with van der Waals surface area (Å²) in [6.45, 7) is 8.75. The molecule has 1 aromatic heterocycles. The first-order chi connectivity index (χ1) is 7.61. The van der Waals surface area contributed by atoms with Gasteiger partial charge in [0.1, 0.15) is 0 Å². The van der Waals surface area contributed by atoms with Crippen LogP contribution >= 0.6 is 11.3 Å². The molecule has 1 aliphatic rings. The Morgan fingerprint density at radius 1 is 1.50 bits per heavy atom. The van der Waals surface area contributed by atoms with Crippen molar-refractivity contribution in [1.82, 2.24) is 10.3 Å². The zero-order valence-electron chi connectivity index (χ0n) is 10.7. The minimum absolute atomic E-state index is 0.470. The SMILES string of the molecule is CCCC1CC1NC(C)c1sc(C)nc1C. The van der Waals surface area contributed by atoms with Crippen molar-refractivity contribution in [2.75, 3.05) is 0 Å². The van der Waals surface area contributed by atoms with E-state index < -0.39 is 0 Å². The molecule has 1 aliphatic carbocycles. The fourth-order valence-electron chi connectivity index (χ4n) is 2.49. The highest BCUT2D eigenvalue weighted by atomic mass is 32.1. The molecule has 0 radical (unpaired) electrons. The summed E-state index contributed by atoms with van der Waals surface area (Å²) in [7, 11) is 0. The minimum atomic E-state index is 0.470. The molecule has 0 bridgehead atoms. The average molecular weight is 238 g/mol. The molecule has 3 heteroatoms. The monoisotopic (exact) mass is 238 g/mol. The van der Waals surface area contributed by atoms with Crippen LogP contribution in [-0.2, 0) is 0 Å². The molecule has 1 saturated carbocycles. The number of aryl methyl sites for hydroxylation is 2. The van der Waals surface area contributed by atoms with E-state index in [0.717, 1.165) is 12.0 Å². The van der Waals surface area contributed by atoms with Gasteiger partial charge in [-0.15, -0.1) is 11.3 Å². The van der Waals surface area contributed by atoms with Gasteiger partial charge >= 0.3 is 0 Å². The summed E-state index contributed by atoms with van der Waals surface area (Å²) in [5.74, 6) is 0.932. The van der Waals surface area contributed by atoms with Crippen LogP contribution in [0, 0.1) is 19.8 Å². The maximum atomic E-state index is 4.49. The summed E-state index contributed by atoms with van der Waals surface area (Å²) in [4.78, 5) is 5.91. The van der Waals surface area contributed by atoms with Crippen molar-refractivity contribution in [3.63, 3.8) is 0 Å². The molecule has 1 N–H and O–H groups in total. The van der Waals surface area contributed by atoms with Gasteiger partial charge in [-0.3, -0.25) is 0 Å². The molecule has 1 aromatic rings. The van der Waals surface area contributed by atoms with Crippen LogP contribution in [0.15, 0.2) is 0 Å². The maximum Gasteiger partial charge on any atom is 0.0900 e. The number of hydrogen-bond donors (Lipinski definition) is 1. The zero-order valence-corrected chi connectivity index (χ0v) is 11.5. The third-order valence-electron chi connectivity index (χ3n) is 3.38. The van der Waals surface area contributed by atoms with E-state index in [9.17, 15) is 0 Å². The number of nitrogens with one attached hydrogen (secondary N) is 1. The molecular formula is C13H22N2S. The van der Waals surface area contributed by atoms with Gasteiger partial charge in [0.25, 0.3) is 0 Å². The molecule has 90 valence electrons. The maximum absolute atomic E-state index is 4.49. The van der Waals surface area contributed by atoms with E-state index in [-0.39, 0.29) is 0 Å². The third kappa shape index (κ3) is 2.64. The number of rotatable bonds is 5. The lowest BCUT2D eigenvalue weighted by molar-refractivity contribution is 0.533. The van der Waals surface area contributed by atoms with Crippen LogP contribution < -0.4 is 5.32 Å². The second kappa shape index (κ2) is 4.84. The highest BCUT2D eigenvalue weighted by Crippen LogP contribution is 2.37. The second-order valence-corrected chi connectivity index (χ2v) is 6.20. The van der Waals surface area contributed by atoms with Crippen LogP contribution in [0.2, 0.25) is 0 Å². The Morgan fingerprint density at radius 2 is 2.25 bits per heavy atom. The van der Waals surface area contributed by atoms with Crippen molar-refractivity contribution in [3.8, 4) is 0 Å². The van der Waals surface area contributed by atoms with E-state index >= 15 is 0 Å². The summed E-state index contributed by atoms with van der Waals surface area (Å²) in [5.41, 5.74) is 1.20. The van der Waals surface area contributed by atoms with Gasteiger partial charge in [-0.05, 0) is 39.5 Å². The summed E-state index contributed by atoms with van der Waals surface area (Å²) >= 11 is 1.83. The molecule has 0 spiro atoms. The quantitative estimate of drug-likeness (QED) is 0.848. The van der Waals surface area contributed by atoms with E-state index in [0.29, 0.717) is 6.04 Å². The lowest BCUT2D eigenvalue weighted by Gasteiger charge is -2.12. The Balaban J connectivity index is 1.89. The van der Waals surface area contributed by atoms with Crippen molar-refractivity contribution in [3.05, 3.63) is 15.6 Å². The molecular weight excluding hydrogens is 216 g/mol. The summed E-state index contributed by atoms with van der Waals surface area (Å²) in [5, 5.41) is 4.91. The van der Waals surface area contributed by atoms with Gasteiger partial charge in [-0.2, -0.15) is 0 Å². The smallest absolute Gasteiger partial charge is 0.0900 e. The zero-order chi connectivity index (χ0) is 11.7. The van der Waals surface area contributed by atoms with E-state index in [2.05, 4.69) is 38.0 Å². The Morgan fingerprint density at radius 3 is 2.81 bits per heavy atom. The summed E-state index contributed by atoms with van der Waals surface area (Å²) in [6.07, 6.45) is 4.07. The first kappa shape index (κ1) is 12.1. The molecule has 3 unspecified atom stereocenters. The highest BCUT2D eigenvalue weighted by molar-refractivity contribution is 7.11. The Bertz CT molecular complexity index is 359. The molecule has 1 fully saturated rings. The van der Waals surface area contributed by atoms with Crippen molar-refractivity contribution < 1.29 is 0 Å². The second-order valence-electron chi connectivity index (χ2n) is 4.96. The van der Waals surface area contributed by atoms with Gasteiger partial charge in [0.15, 0.2) is 0 Å². The van der Waals surface area contributed by atoms with Gasteiger partial charge < -0.3 is 5.32 Å². The van der Waals surface area contributed by atoms with E-state index in [1.807, 2.05) is 11.3 Å². The largest absolute Gasteiger partial charge is 0.306 e. The van der Waals surface area contributed by atoms with Crippen LogP contribution in [0.1, 0.15) is 54.7 Å². The first-order valence-electron chi connectivity index (χ1n) is 6.31. The van der Waals surface area contributed by atoms with Crippen molar-refractivity contribution >= 4 is 11.3 Å². The Hall–Kier alpha value is -0.410. The van der Waals surface area contributed by atoms with Crippen LogP contribution in [0.25, 0.3) is 0 Å². The first-order valence-corrected chi connectivity index (χ1v) is 7.13. The van der Waals surface area contributed by atoms with E-state index in [1.54, 1.807) is 0 Å². The molecule has 1 heterocycles. The molecule has 0 aliphatic heterocycles. The topological polar surface area (TPSA) is 24.9 Å². The predicted molar refractivity (Wildman–Crippen MR) is 69.9 cm³/mol. The molecule has 2 rings (SSSR count).